The largest absolute Gasteiger partial charge is 0.480 e. The molecule has 0 aromatic heterocycles. The summed E-state index contributed by atoms with van der Waals surface area (Å²) in [5.74, 6) is -1.14. The van der Waals surface area contributed by atoms with Crippen LogP contribution in [0.5, 0.6) is 0 Å². The van der Waals surface area contributed by atoms with Gasteiger partial charge in [0.2, 0.25) is 5.91 Å². The lowest BCUT2D eigenvalue weighted by atomic mass is 10.1. The molecule has 1 heterocycles. The number of carboxylic acid groups (broad SMARTS) is 1. The molecule has 1 aromatic rings. The maximum absolute atomic E-state index is 12.3. The standard InChI is InChI=1S/C14H18N2O3/c1-3-12(14(18)19)16(2)13(17)11-8-9-6-4-5-7-10(9)15-11/h4-7,11-12,15H,3,8H2,1-2H3,(H,18,19). The number of anilines is 1. The smallest absolute Gasteiger partial charge is 0.326 e. The van der Waals surface area contributed by atoms with E-state index in [0.717, 1.165) is 11.3 Å². The predicted molar refractivity (Wildman–Crippen MR) is 72.0 cm³/mol. The molecule has 0 spiro atoms. The third-order valence-electron chi connectivity index (χ3n) is 3.56. The van der Waals surface area contributed by atoms with E-state index in [1.54, 1.807) is 14.0 Å². The van der Waals surface area contributed by atoms with Crippen LogP contribution in [-0.4, -0.2) is 41.0 Å². The van der Waals surface area contributed by atoms with Gasteiger partial charge in [-0.05, 0) is 18.1 Å². The van der Waals surface area contributed by atoms with Crippen molar-refractivity contribution in [2.24, 2.45) is 0 Å². The Morgan fingerprint density at radius 3 is 2.74 bits per heavy atom. The van der Waals surface area contributed by atoms with Crippen molar-refractivity contribution in [3.8, 4) is 0 Å². The van der Waals surface area contributed by atoms with Gasteiger partial charge in [-0.25, -0.2) is 4.79 Å². The summed E-state index contributed by atoms with van der Waals surface area (Å²) < 4.78 is 0. The zero-order valence-corrected chi connectivity index (χ0v) is 11.1. The molecule has 102 valence electrons. The Morgan fingerprint density at radius 2 is 2.16 bits per heavy atom. The maximum atomic E-state index is 12.3. The van der Waals surface area contributed by atoms with E-state index in [0.29, 0.717) is 12.8 Å². The lowest BCUT2D eigenvalue weighted by Gasteiger charge is -2.26. The molecule has 2 unspecified atom stereocenters. The third-order valence-corrected chi connectivity index (χ3v) is 3.56. The quantitative estimate of drug-likeness (QED) is 0.859. The molecule has 1 aliphatic rings. The molecule has 5 nitrogen and oxygen atoms in total. The SMILES string of the molecule is CCC(C(=O)O)N(C)C(=O)C1Cc2ccccc2N1. The van der Waals surface area contributed by atoms with Crippen molar-refractivity contribution < 1.29 is 14.7 Å². The Balaban J connectivity index is 2.08. The predicted octanol–water partition coefficient (Wildman–Crippen LogP) is 1.34. The normalized spacial score (nSPS) is 18.3. The molecule has 0 saturated heterocycles. The zero-order valence-electron chi connectivity index (χ0n) is 11.1. The number of hydrogen-bond acceptors (Lipinski definition) is 3. The van der Waals surface area contributed by atoms with Gasteiger partial charge in [0.05, 0.1) is 0 Å². The van der Waals surface area contributed by atoms with E-state index in [4.69, 9.17) is 5.11 Å². The van der Waals surface area contributed by atoms with Gasteiger partial charge in [0.25, 0.3) is 0 Å². The van der Waals surface area contributed by atoms with Crippen LogP contribution < -0.4 is 5.32 Å². The first kappa shape index (κ1) is 13.4. The number of likely N-dealkylation sites (N-methyl/N-ethyl adjacent to an activating group) is 1. The molecule has 1 amide bonds. The minimum atomic E-state index is -0.964. The molecule has 0 radical (unpaired) electrons. The summed E-state index contributed by atoms with van der Waals surface area (Å²) in [5.41, 5.74) is 2.05. The van der Waals surface area contributed by atoms with Gasteiger partial charge in [0, 0.05) is 19.2 Å². The van der Waals surface area contributed by atoms with Crippen LogP contribution in [0.2, 0.25) is 0 Å². The fourth-order valence-electron chi connectivity index (χ4n) is 2.46. The second kappa shape index (κ2) is 5.30. The Kier molecular flexibility index (Phi) is 3.74. The number of nitrogens with zero attached hydrogens (tertiary/aromatic N) is 1. The van der Waals surface area contributed by atoms with Crippen molar-refractivity contribution in [3.05, 3.63) is 29.8 Å². The maximum Gasteiger partial charge on any atom is 0.326 e. The Hall–Kier alpha value is -2.04. The summed E-state index contributed by atoms with van der Waals surface area (Å²) in [7, 11) is 1.55. The van der Waals surface area contributed by atoms with E-state index in [2.05, 4.69) is 5.32 Å². The van der Waals surface area contributed by atoms with E-state index in [-0.39, 0.29) is 11.9 Å². The summed E-state index contributed by atoms with van der Waals surface area (Å²) in [5, 5.41) is 12.2. The number of rotatable bonds is 4. The van der Waals surface area contributed by atoms with Crippen LogP contribution in [-0.2, 0) is 16.0 Å². The van der Waals surface area contributed by atoms with E-state index >= 15 is 0 Å². The van der Waals surface area contributed by atoms with Gasteiger partial charge in [0.1, 0.15) is 12.1 Å². The Morgan fingerprint density at radius 1 is 1.47 bits per heavy atom. The number of benzene rings is 1. The fraction of sp³-hybridized carbons (Fsp3) is 0.429. The van der Waals surface area contributed by atoms with Crippen molar-refractivity contribution in [3.63, 3.8) is 0 Å². The lowest BCUT2D eigenvalue weighted by Crippen LogP contribution is -2.48. The zero-order chi connectivity index (χ0) is 14.0. The van der Waals surface area contributed by atoms with Crippen molar-refractivity contribution in [2.75, 3.05) is 12.4 Å². The van der Waals surface area contributed by atoms with Crippen molar-refractivity contribution in [1.82, 2.24) is 4.90 Å². The van der Waals surface area contributed by atoms with Gasteiger partial charge in [0.15, 0.2) is 0 Å². The average molecular weight is 262 g/mol. The molecule has 1 aromatic carbocycles. The highest BCUT2D eigenvalue weighted by Crippen LogP contribution is 2.26. The number of carbonyl (C=O) groups is 2. The number of fused-ring (bicyclic) bond motifs is 1. The molecule has 19 heavy (non-hydrogen) atoms. The van der Waals surface area contributed by atoms with Gasteiger partial charge in [-0.2, -0.15) is 0 Å². The van der Waals surface area contributed by atoms with Gasteiger partial charge >= 0.3 is 5.97 Å². The lowest BCUT2D eigenvalue weighted by molar-refractivity contribution is -0.149. The summed E-state index contributed by atoms with van der Waals surface area (Å²) in [6.07, 6.45) is 1.01. The molecular weight excluding hydrogens is 244 g/mol. The van der Waals surface area contributed by atoms with Crippen LogP contribution in [0.15, 0.2) is 24.3 Å². The van der Waals surface area contributed by atoms with Crippen molar-refractivity contribution in [2.45, 2.75) is 31.8 Å². The van der Waals surface area contributed by atoms with Crippen molar-refractivity contribution >= 4 is 17.6 Å². The average Bonchev–Trinajstić information content (AvgIpc) is 2.81. The van der Waals surface area contributed by atoms with Crippen LogP contribution in [0.4, 0.5) is 5.69 Å². The highest BCUT2D eigenvalue weighted by Gasteiger charge is 2.33. The fourth-order valence-corrected chi connectivity index (χ4v) is 2.46. The van der Waals surface area contributed by atoms with E-state index < -0.39 is 12.0 Å². The number of amides is 1. The summed E-state index contributed by atoms with van der Waals surface area (Å²) in [6.45, 7) is 1.76. The monoisotopic (exact) mass is 262 g/mol. The molecule has 2 N–H and O–H groups in total. The number of para-hydroxylation sites is 1. The number of carboxylic acids is 1. The summed E-state index contributed by atoms with van der Waals surface area (Å²) >= 11 is 0. The number of carbonyl (C=O) groups excluding carboxylic acids is 1. The van der Waals surface area contributed by atoms with Gasteiger partial charge in [-0.15, -0.1) is 0 Å². The minimum absolute atomic E-state index is 0.176. The van der Waals surface area contributed by atoms with Crippen LogP contribution in [0.25, 0.3) is 0 Å². The van der Waals surface area contributed by atoms with Crippen LogP contribution >= 0.6 is 0 Å². The Labute approximate surface area is 112 Å². The highest BCUT2D eigenvalue weighted by atomic mass is 16.4. The number of nitrogens with one attached hydrogen (secondary N) is 1. The molecule has 0 fully saturated rings. The third kappa shape index (κ3) is 2.54. The first-order valence-corrected chi connectivity index (χ1v) is 6.38. The van der Waals surface area contributed by atoms with Gasteiger partial charge in [-0.1, -0.05) is 25.1 Å². The number of aliphatic carboxylic acids is 1. The van der Waals surface area contributed by atoms with Crippen LogP contribution in [0, 0.1) is 0 Å². The number of hydrogen-bond donors (Lipinski definition) is 2. The van der Waals surface area contributed by atoms with Gasteiger partial charge < -0.3 is 15.3 Å². The molecule has 2 atom stereocenters. The first-order valence-electron chi connectivity index (χ1n) is 6.38. The van der Waals surface area contributed by atoms with Crippen LogP contribution in [0.1, 0.15) is 18.9 Å². The molecule has 1 aliphatic heterocycles. The second-order valence-electron chi connectivity index (χ2n) is 4.77. The molecule has 0 saturated carbocycles. The molecule has 0 bridgehead atoms. The molecule has 0 aliphatic carbocycles. The summed E-state index contributed by atoms with van der Waals surface area (Å²) in [6, 6.07) is 6.62. The summed E-state index contributed by atoms with van der Waals surface area (Å²) in [4.78, 5) is 24.7. The first-order chi connectivity index (χ1) is 9.04. The molecular formula is C14H18N2O3. The minimum Gasteiger partial charge on any atom is -0.480 e. The highest BCUT2D eigenvalue weighted by molar-refractivity contribution is 5.90. The molecule has 2 rings (SSSR count). The van der Waals surface area contributed by atoms with Crippen molar-refractivity contribution in [1.29, 1.82) is 0 Å². The van der Waals surface area contributed by atoms with E-state index in [1.807, 2.05) is 24.3 Å². The topological polar surface area (TPSA) is 69.6 Å². The van der Waals surface area contributed by atoms with E-state index in [9.17, 15) is 9.59 Å². The van der Waals surface area contributed by atoms with Gasteiger partial charge in [-0.3, -0.25) is 4.79 Å². The van der Waals surface area contributed by atoms with E-state index in [1.165, 1.54) is 4.90 Å². The second-order valence-corrected chi connectivity index (χ2v) is 4.77. The van der Waals surface area contributed by atoms with Crippen LogP contribution in [0.3, 0.4) is 0 Å². The Bertz CT molecular complexity index is 476. The molecule has 5 heteroatoms.